The van der Waals surface area contributed by atoms with Crippen LogP contribution in [0.4, 0.5) is 0 Å². The van der Waals surface area contributed by atoms with Gasteiger partial charge in [-0.25, -0.2) is 0 Å². The molecule has 24 heavy (non-hydrogen) atoms. The Kier molecular flexibility index (Phi) is 6.35. The van der Waals surface area contributed by atoms with E-state index in [2.05, 4.69) is 10.9 Å². The van der Waals surface area contributed by atoms with Crippen LogP contribution in [-0.4, -0.2) is 17.9 Å². The van der Waals surface area contributed by atoms with Crippen molar-refractivity contribution >= 4 is 23.4 Å². The van der Waals surface area contributed by atoms with E-state index in [0.717, 1.165) is 5.56 Å². The predicted octanol–water partition coefficient (Wildman–Crippen LogP) is 3.34. The Bertz CT molecular complexity index is 714. The molecule has 0 bridgehead atoms. The Labute approximate surface area is 145 Å². The molecule has 5 nitrogen and oxygen atoms in total. The van der Waals surface area contributed by atoms with E-state index in [1.165, 1.54) is 0 Å². The molecule has 0 fully saturated rings. The number of hydrazine groups is 1. The Balaban J connectivity index is 1.90. The van der Waals surface area contributed by atoms with Crippen LogP contribution in [0.15, 0.2) is 48.5 Å². The van der Waals surface area contributed by atoms with Crippen molar-refractivity contribution in [2.24, 2.45) is 0 Å². The summed E-state index contributed by atoms with van der Waals surface area (Å²) < 4.78 is 5.50. The molecule has 0 radical (unpaired) electrons. The molecule has 2 rings (SSSR count). The highest BCUT2D eigenvalue weighted by Crippen LogP contribution is 2.14. The zero-order chi connectivity index (χ0) is 17.5. The fourth-order valence-electron chi connectivity index (χ4n) is 1.91. The molecule has 0 spiro atoms. The van der Waals surface area contributed by atoms with Gasteiger partial charge in [0.1, 0.15) is 0 Å². The molecule has 0 aliphatic rings. The minimum Gasteiger partial charge on any atom is -0.374 e. The van der Waals surface area contributed by atoms with Crippen LogP contribution in [0, 0.1) is 0 Å². The summed E-state index contributed by atoms with van der Waals surface area (Å²) in [6, 6.07) is 13.6. The summed E-state index contributed by atoms with van der Waals surface area (Å²) >= 11 is 5.94. The van der Waals surface area contributed by atoms with E-state index in [-0.39, 0.29) is 6.10 Å². The van der Waals surface area contributed by atoms with E-state index in [1.54, 1.807) is 36.4 Å². The van der Waals surface area contributed by atoms with Crippen molar-refractivity contribution in [3.63, 3.8) is 0 Å². The summed E-state index contributed by atoms with van der Waals surface area (Å²) in [7, 11) is 0. The van der Waals surface area contributed by atoms with Crippen LogP contribution in [-0.2, 0) is 11.3 Å². The van der Waals surface area contributed by atoms with Crippen molar-refractivity contribution in [3.05, 3.63) is 70.2 Å². The average Bonchev–Trinajstić information content (AvgIpc) is 2.58. The van der Waals surface area contributed by atoms with Crippen LogP contribution in [0.3, 0.4) is 0 Å². The lowest BCUT2D eigenvalue weighted by molar-refractivity contribution is 0.0656. The van der Waals surface area contributed by atoms with E-state index >= 15 is 0 Å². The van der Waals surface area contributed by atoms with Gasteiger partial charge in [0.05, 0.1) is 23.3 Å². The summed E-state index contributed by atoms with van der Waals surface area (Å²) in [4.78, 5) is 24.0. The first kappa shape index (κ1) is 18.0. The van der Waals surface area contributed by atoms with Crippen molar-refractivity contribution in [2.75, 3.05) is 0 Å². The van der Waals surface area contributed by atoms with Crippen molar-refractivity contribution in [1.82, 2.24) is 10.9 Å². The van der Waals surface area contributed by atoms with Crippen molar-refractivity contribution in [1.29, 1.82) is 0 Å². The summed E-state index contributed by atoms with van der Waals surface area (Å²) in [5.74, 6) is -0.886. The summed E-state index contributed by atoms with van der Waals surface area (Å²) in [6.07, 6.45) is 0.146. The molecule has 2 N–H and O–H groups in total. The fraction of sp³-hybridized carbons (Fsp3) is 0.222. The van der Waals surface area contributed by atoms with Crippen molar-refractivity contribution in [3.8, 4) is 0 Å². The first-order valence-electron chi connectivity index (χ1n) is 7.53. The molecule has 126 valence electrons. The normalized spacial score (nSPS) is 10.5. The molecule has 2 aromatic carbocycles. The van der Waals surface area contributed by atoms with Crippen LogP contribution >= 0.6 is 11.6 Å². The lowest BCUT2D eigenvalue weighted by atomic mass is 10.1. The van der Waals surface area contributed by atoms with E-state index in [1.807, 2.05) is 26.0 Å². The maximum atomic E-state index is 12.1. The molecule has 2 amide bonds. The number of rotatable bonds is 5. The summed E-state index contributed by atoms with van der Waals surface area (Å²) in [5, 5.41) is 0.318. The van der Waals surface area contributed by atoms with Gasteiger partial charge in [0.2, 0.25) is 0 Å². The molecule has 0 unspecified atom stereocenters. The lowest BCUT2D eigenvalue weighted by Crippen LogP contribution is -2.41. The second-order valence-corrected chi connectivity index (χ2v) is 5.85. The van der Waals surface area contributed by atoms with Crippen molar-refractivity contribution in [2.45, 2.75) is 26.6 Å². The molecule has 6 heteroatoms. The molecule has 0 saturated heterocycles. The number of benzene rings is 2. The highest BCUT2D eigenvalue weighted by Gasteiger charge is 2.11. The molecule has 0 saturated carbocycles. The zero-order valence-electron chi connectivity index (χ0n) is 13.5. The van der Waals surface area contributed by atoms with Crippen LogP contribution in [0.2, 0.25) is 5.02 Å². The minimum atomic E-state index is -0.476. The Hall–Kier alpha value is -2.37. The molecule has 0 aromatic heterocycles. The lowest BCUT2D eigenvalue weighted by Gasteiger charge is -2.10. The summed E-state index contributed by atoms with van der Waals surface area (Å²) in [6.45, 7) is 4.41. The third-order valence-corrected chi connectivity index (χ3v) is 3.54. The SMILES string of the molecule is CC(C)OCc1ccc(C(=O)NNC(=O)c2ccccc2Cl)cc1. The largest absolute Gasteiger partial charge is 0.374 e. The number of nitrogens with one attached hydrogen (secondary N) is 2. The zero-order valence-corrected chi connectivity index (χ0v) is 14.3. The van der Waals surface area contributed by atoms with Crippen LogP contribution in [0.5, 0.6) is 0 Å². The fourth-order valence-corrected chi connectivity index (χ4v) is 2.14. The standard InChI is InChI=1S/C18H19ClN2O3/c1-12(2)24-11-13-7-9-14(10-8-13)17(22)20-21-18(23)15-5-3-4-6-16(15)19/h3-10,12H,11H2,1-2H3,(H,20,22)(H,21,23). The first-order valence-corrected chi connectivity index (χ1v) is 7.91. The number of amides is 2. The van der Waals surface area contributed by atoms with Crippen molar-refractivity contribution < 1.29 is 14.3 Å². The second-order valence-electron chi connectivity index (χ2n) is 5.44. The molecular weight excluding hydrogens is 328 g/mol. The maximum absolute atomic E-state index is 12.1. The third kappa shape index (κ3) is 5.08. The number of halogens is 1. The van der Waals surface area contributed by atoms with Gasteiger partial charge < -0.3 is 4.74 Å². The molecule has 0 heterocycles. The van der Waals surface area contributed by atoms with Crippen LogP contribution in [0.1, 0.15) is 40.1 Å². The first-order chi connectivity index (χ1) is 11.5. The minimum absolute atomic E-state index is 0.146. The monoisotopic (exact) mass is 346 g/mol. The predicted molar refractivity (Wildman–Crippen MR) is 92.8 cm³/mol. The van der Waals surface area contributed by atoms with Gasteiger partial charge in [-0.2, -0.15) is 0 Å². The number of carbonyl (C=O) groups is 2. The Morgan fingerprint density at radius 2 is 1.62 bits per heavy atom. The average molecular weight is 347 g/mol. The maximum Gasteiger partial charge on any atom is 0.271 e. The van der Waals surface area contributed by atoms with Gasteiger partial charge in [-0.1, -0.05) is 35.9 Å². The van der Waals surface area contributed by atoms with Gasteiger partial charge in [-0.15, -0.1) is 0 Å². The highest BCUT2D eigenvalue weighted by atomic mass is 35.5. The summed E-state index contributed by atoms with van der Waals surface area (Å²) in [5.41, 5.74) is 6.41. The molecule has 2 aromatic rings. The highest BCUT2D eigenvalue weighted by molar-refractivity contribution is 6.33. The molecule has 0 aliphatic carbocycles. The van der Waals surface area contributed by atoms with Gasteiger partial charge in [-0.3, -0.25) is 20.4 Å². The number of hydrogen-bond donors (Lipinski definition) is 2. The van der Waals surface area contributed by atoms with Gasteiger partial charge in [0, 0.05) is 5.56 Å². The molecule has 0 atom stereocenters. The third-order valence-electron chi connectivity index (χ3n) is 3.21. The van der Waals surface area contributed by atoms with Gasteiger partial charge in [0.15, 0.2) is 0 Å². The smallest absolute Gasteiger partial charge is 0.271 e. The Morgan fingerprint density at radius 3 is 2.25 bits per heavy atom. The molecular formula is C18H19ClN2O3. The quantitative estimate of drug-likeness (QED) is 0.816. The number of carbonyl (C=O) groups excluding carboxylic acids is 2. The second kappa shape index (κ2) is 8.47. The van der Waals surface area contributed by atoms with Crippen LogP contribution < -0.4 is 10.9 Å². The van der Waals surface area contributed by atoms with Crippen LogP contribution in [0.25, 0.3) is 0 Å². The topological polar surface area (TPSA) is 67.4 Å². The Morgan fingerprint density at radius 1 is 1.00 bits per heavy atom. The van der Waals surface area contributed by atoms with Gasteiger partial charge in [-0.05, 0) is 43.7 Å². The van der Waals surface area contributed by atoms with E-state index in [4.69, 9.17) is 16.3 Å². The number of ether oxygens (including phenoxy) is 1. The number of hydrogen-bond acceptors (Lipinski definition) is 3. The van der Waals surface area contributed by atoms with E-state index in [0.29, 0.717) is 22.8 Å². The van der Waals surface area contributed by atoms with Gasteiger partial charge in [0.25, 0.3) is 11.8 Å². The van der Waals surface area contributed by atoms with E-state index in [9.17, 15) is 9.59 Å². The van der Waals surface area contributed by atoms with E-state index < -0.39 is 11.8 Å². The molecule has 0 aliphatic heterocycles. The van der Waals surface area contributed by atoms with Gasteiger partial charge >= 0.3 is 0 Å².